The number of nitrogens with zero attached hydrogens (tertiary/aromatic N) is 1. The number of rotatable bonds is 7. The van der Waals surface area contributed by atoms with Crippen LogP contribution in [-0.4, -0.2) is 42.8 Å². The molecule has 1 rings (SSSR count). The van der Waals surface area contributed by atoms with E-state index >= 15 is 0 Å². The third-order valence-corrected chi connectivity index (χ3v) is 3.08. The molecule has 0 bridgehead atoms. The van der Waals surface area contributed by atoms with Crippen LogP contribution in [-0.2, 0) is 14.3 Å². The maximum Gasteiger partial charge on any atom is 0.410 e. The van der Waals surface area contributed by atoms with Crippen molar-refractivity contribution in [3.05, 3.63) is 12.7 Å². The van der Waals surface area contributed by atoms with Crippen LogP contribution in [0, 0.1) is 0 Å². The fourth-order valence-electron chi connectivity index (χ4n) is 2.06. The number of ether oxygens (including phenoxy) is 2. The Balaban J connectivity index is 2.39. The Labute approximate surface area is 114 Å². The summed E-state index contributed by atoms with van der Waals surface area (Å²) in [4.78, 5) is 25.1. The van der Waals surface area contributed by atoms with Gasteiger partial charge in [-0.2, -0.15) is 0 Å². The summed E-state index contributed by atoms with van der Waals surface area (Å²) in [6, 6.07) is -0.487. The van der Waals surface area contributed by atoms with Gasteiger partial charge in [0.2, 0.25) is 0 Å². The van der Waals surface area contributed by atoms with Crippen LogP contribution in [0.2, 0.25) is 0 Å². The van der Waals surface area contributed by atoms with Crippen molar-refractivity contribution in [3.8, 4) is 0 Å². The van der Waals surface area contributed by atoms with Gasteiger partial charge in [0.25, 0.3) is 0 Å². The normalized spacial score (nSPS) is 18.2. The molecule has 0 aromatic rings. The molecule has 1 fully saturated rings. The topological polar surface area (TPSA) is 55.8 Å². The lowest BCUT2D eigenvalue weighted by molar-refractivity contribution is -0.148. The first kappa shape index (κ1) is 15.5. The van der Waals surface area contributed by atoms with Crippen LogP contribution in [0.25, 0.3) is 0 Å². The SMILES string of the molecule is C=CCOC(=O)N1CCC[C@H]1C(=O)OCCCCC. The van der Waals surface area contributed by atoms with Crippen molar-refractivity contribution in [2.75, 3.05) is 19.8 Å². The fraction of sp³-hybridized carbons (Fsp3) is 0.714. The summed E-state index contributed by atoms with van der Waals surface area (Å²) in [7, 11) is 0. The molecule has 1 aliphatic rings. The van der Waals surface area contributed by atoms with Gasteiger partial charge in [-0.1, -0.05) is 32.4 Å². The predicted molar refractivity (Wildman–Crippen MR) is 71.8 cm³/mol. The fourth-order valence-corrected chi connectivity index (χ4v) is 2.06. The Morgan fingerprint density at radius 1 is 1.37 bits per heavy atom. The first-order valence-electron chi connectivity index (χ1n) is 6.91. The zero-order valence-corrected chi connectivity index (χ0v) is 11.6. The minimum Gasteiger partial charge on any atom is -0.464 e. The number of amides is 1. The summed E-state index contributed by atoms with van der Waals surface area (Å²) in [5.41, 5.74) is 0. The van der Waals surface area contributed by atoms with E-state index in [4.69, 9.17) is 9.47 Å². The van der Waals surface area contributed by atoms with E-state index in [0.29, 0.717) is 19.6 Å². The van der Waals surface area contributed by atoms with Crippen molar-refractivity contribution in [1.82, 2.24) is 4.90 Å². The molecule has 0 saturated carbocycles. The summed E-state index contributed by atoms with van der Waals surface area (Å²) in [6.45, 7) is 6.71. The molecule has 0 aliphatic carbocycles. The van der Waals surface area contributed by atoms with Gasteiger partial charge in [-0.3, -0.25) is 4.90 Å². The van der Waals surface area contributed by atoms with Gasteiger partial charge >= 0.3 is 12.1 Å². The second-order valence-corrected chi connectivity index (χ2v) is 4.59. The number of unbranched alkanes of at least 4 members (excludes halogenated alkanes) is 2. The van der Waals surface area contributed by atoms with Crippen LogP contribution in [0.15, 0.2) is 12.7 Å². The van der Waals surface area contributed by atoms with Gasteiger partial charge in [-0.15, -0.1) is 0 Å². The number of hydrogen-bond acceptors (Lipinski definition) is 4. The molecule has 0 aromatic carbocycles. The lowest BCUT2D eigenvalue weighted by Gasteiger charge is -2.22. The van der Waals surface area contributed by atoms with E-state index in [0.717, 1.165) is 25.7 Å². The lowest BCUT2D eigenvalue weighted by Crippen LogP contribution is -2.41. The highest BCUT2D eigenvalue weighted by Gasteiger charge is 2.36. The van der Waals surface area contributed by atoms with Crippen LogP contribution >= 0.6 is 0 Å². The number of carbonyl (C=O) groups is 2. The molecule has 0 radical (unpaired) electrons. The van der Waals surface area contributed by atoms with Crippen LogP contribution in [0.5, 0.6) is 0 Å². The van der Waals surface area contributed by atoms with Gasteiger partial charge in [0, 0.05) is 6.54 Å². The summed E-state index contributed by atoms with van der Waals surface area (Å²) in [5, 5.41) is 0. The van der Waals surface area contributed by atoms with Crippen molar-refractivity contribution < 1.29 is 19.1 Å². The van der Waals surface area contributed by atoms with E-state index in [1.165, 1.54) is 11.0 Å². The Morgan fingerprint density at radius 3 is 2.84 bits per heavy atom. The molecule has 5 heteroatoms. The summed E-state index contributed by atoms with van der Waals surface area (Å²) < 4.78 is 10.2. The van der Waals surface area contributed by atoms with Crippen molar-refractivity contribution in [2.24, 2.45) is 0 Å². The van der Waals surface area contributed by atoms with Gasteiger partial charge in [0.05, 0.1) is 6.61 Å². The number of esters is 1. The van der Waals surface area contributed by atoms with Crippen molar-refractivity contribution in [2.45, 2.75) is 45.1 Å². The highest BCUT2D eigenvalue weighted by molar-refractivity contribution is 5.82. The number of likely N-dealkylation sites (tertiary alicyclic amines) is 1. The van der Waals surface area contributed by atoms with E-state index in [2.05, 4.69) is 13.5 Å². The lowest BCUT2D eigenvalue weighted by atomic mass is 10.2. The molecule has 1 amide bonds. The maximum atomic E-state index is 11.9. The summed E-state index contributed by atoms with van der Waals surface area (Å²) >= 11 is 0. The largest absolute Gasteiger partial charge is 0.464 e. The molecule has 1 saturated heterocycles. The van der Waals surface area contributed by atoms with Crippen LogP contribution < -0.4 is 0 Å². The second kappa shape index (κ2) is 8.56. The minimum absolute atomic E-state index is 0.160. The highest BCUT2D eigenvalue weighted by atomic mass is 16.6. The molecule has 108 valence electrons. The summed E-state index contributed by atoms with van der Waals surface area (Å²) in [5.74, 6) is -0.316. The smallest absolute Gasteiger partial charge is 0.410 e. The quantitative estimate of drug-likeness (QED) is 0.405. The van der Waals surface area contributed by atoms with Crippen molar-refractivity contribution in [3.63, 3.8) is 0 Å². The second-order valence-electron chi connectivity index (χ2n) is 4.59. The Hall–Kier alpha value is -1.52. The van der Waals surface area contributed by atoms with Gasteiger partial charge in [-0.25, -0.2) is 9.59 Å². The maximum absolute atomic E-state index is 11.9. The molecule has 0 aromatic heterocycles. The van der Waals surface area contributed by atoms with Gasteiger partial charge in [-0.05, 0) is 19.3 Å². The van der Waals surface area contributed by atoms with E-state index < -0.39 is 12.1 Å². The van der Waals surface area contributed by atoms with E-state index in [-0.39, 0.29) is 12.6 Å². The van der Waals surface area contributed by atoms with Crippen molar-refractivity contribution in [1.29, 1.82) is 0 Å². The summed E-state index contributed by atoms with van der Waals surface area (Å²) in [6.07, 6.45) is 5.49. The minimum atomic E-state index is -0.487. The van der Waals surface area contributed by atoms with Crippen LogP contribution in [0.4, 0.5) is 4.79 Å². The van der Waals surface area contributed by atoms with E-state index in [9.17, 15) is 9.59 Å². The van der Waals surface area contributed by atoms with Gasteiger partial charge in [0.1, 0.15) is 12.6 Å². The Bertz CT molecular complexity index is 317. The average molecular weight is 269 g/mol. The van der Waals surface area contributed by atoms with Crippen LogP contribution in [0.1, 0.15) is 39.0 Å². The molecule has 1 aliphatic heterocycles. The molecule has 0 spiro atoms. The van der Waals surface area contributed by atoms with E-state index in [1.807, 2.05) is 0 Å². The first-order chi connectivity index (χ1) is 9.20. The zero-order valence-electron chi connectivity index (χ0n) is 11.6. The van der Waals surface area contributed by atoms with Gasteiger partial charge < -0.3 is 9.47 Å². The third-order valence-electron chi connectivity index (χ3n) is 3.08. The van der Waals surface area contributed by atoms with Crippen molar-refractivity contribution >= 4 is 12.1 Å². The molecule has 19 heavy (non-hydrogen) atoms. The Morgan fingerprint density at radius 2 is 2.16 bits per heavy atom. The first-order valence-corrected chi connectivity index (χ1v) is 6.91. The zero-order chi connectivity index (χ0) is 14.1. The third kappa shape index (κ3) is 4.93. The molecule has 1 heterocycles. The molecular weight excluding hydrogens is 246 g/mol. The molecule has 0 unspecified atom stereocenters. The monoisotopic (exact) mass is 269 g/mol. The number of hydrogen-bond donors (Lipinski definition) is 0. The highest BCUT2D eigenvalue weighted by Crippen LogP contribution is 2.19. The predicted octanol–water partition coefficient (Wildman–Crippen LogP) is 2.51. The number of carbonyl (C=O) groups excluding carboxylic acids is 2. The Kier molecular flexibility index (Phi) is 7.00. The average Bonchev–Trinajstić information content (AvgIpc) is 2.90. The molecule has 5 nitrogen and oxygen atoms in total. The molecular formula is C14H23NO4. The van der Waals surface area contributed by atoms with Crippen LogP contribution in [0.3, 0.4) is 0 Å². The van der Waals surface area contributed by atoms with Gasteiger partial charge in [0.15, 0.2) is 0 Å². The molecule has 1 atom stereocenters. The standard InChI is InChI=1S/C14H23NO4/c1-3-5-6-11-18-13(16)12-8-7-9-15(12)14(17)19-10-4-2/h4,12H,2-3,5-11H2,1H3/t12-/m0/s1. The molecule has 0 N–H and O–H groups in total. The van der Waals surface area contributed by atoms with E-state index in [1.54, 1.807) is 0 Å².